The molecule has 0 saturated heterocycles. The summed E-state index contributed by atoms with van der Waals surface area (Å²) in [5.74, 6) is -0.288. The van der Waals surface area contributed by atoms with Gasteiger partial charge in [0, 0.05) is 18.7 Å². The molecular weight excluding hydrogens is 339 g/mol. The normalized spacial score (nSPS) is 11.3. The summed E-state index contributed by atoms with van der Waals surface area (Å²) in [7, 11) is 0. The molecule has 0 aromatic heterocycles. The van der Waals surface area contributed by atoms with Gasteiger partial charge in [0.05, 0.1) is 10.7 Å². The number of anilines is 2. The summed E-state index contributed by atoms with van der Waals surface area (Å²) in [5, 5.41) is 6.80. The van der Waals surface area contributed by atoms with E-state index in [0.717, 1.165) is 22.5 Å². The highest BCUT2D eigenvalue weighted by molar-refractivity contribution is 6.33. The summed E-state index contributed by atoms with van der Waals surface area (Å²) >= 11 is 6.30. The van der Waals surface area contributed by atoms with E-state index in [0.29, 0.717) is 18.0 Å². The number of carbonyl (C=O) groups is 1. The van der Waals surface area contributed by atoms with Crippen LogP contribution in [0.1, 0.15) is 38.3 Å². The van der Waals surface area contributed by atoms with E-state index in [2.05, 4.69) is 10.6 Å². The van der Waals surface area contributed by atoms with Crippen LogP contribution < -0.4 is 10.6 Å². The van der Waals surface area contributed by atoms with Crippen LogP contribution in [-0.2, 0) is 11.3 Å². The van der Waals surface area contributed by atoms with Crippen molar-refractivity contribution in [2.75, 3.05) is 10.6 Å². The zero-order valence-electron chi connectivity index (χ0n) is 15.0. The fourth-order valence-electron chi connectivity index (χ4n) is 2.50. The van der Waals surface area contributed by atoms with Gasteiger partial charge >= 0.3 is 0 Å². The Labute approximate surface area is 153 Å². The minimum Gasteiger partial charge on any atom is -0.379 e. The van der Waals surface area contributed by atoms with Gasteiger partial charge < -0.3 is 10.6 Å². The first kappa shape index (κ1) is 19.3. The smallest absolute Gasteiger partial charge is 0.224 e. The molecule has 0 aliphatic rings. The third-order valence-electron chi connectivity index (χ3n) is 3.76. The molecule has 0 fully saturated rings. The Hall–Kier alpha value is -2.07. The Morgan fingerprint density at radius 1 is 1.12 bits per heavy atom. The number of benzene rings is 2. The first-order valence-electron chi connectivity index (χ1n) is 8.23. The van der Waals surface area contributed by atoms with Gasteiger partial charge in [-0.25, -0.2) is 4.39 Å². The second kappa shape index (κ2) is 7.87. The highest BCUT2D eigenvalue weighted by atomic mass is 35.5. The minimum absolute atomic E-state index is 0.0255. The maximum Gasteiger partial charge on any atom is 0.224 e. The van der Waals surface area contributed by atoms with E-state index in [4.69, 9.17) is 11.6 Å². The highest BCUT2D eigenvalue weighted by Crippen LogP contribution is 2.32. The molecule has 2 N–H and O–H groups in total. The van der Waals surface area contributed by atoms with Crippen LogP contribution in [-0.4, -0.2) is 5.91 Å². The molecule has 134 valence electrons. The minimum atomic E-state index is -0.262. The Kier molecular flexibility index (Phi) is 6.07. The average Bonchev–Trinajstić information content (AvgIpc) is 2.50. The molecular formula is C20H24ClFN2O. The quantitative estimate of drug-likeness (QED) is 0.708. The standard InChI is InChI=1S/C20H24ClFN2O/c1-13-17(24-18(25)11-20(2,3)4)10-9-16(21)19(13)23-12-14-5-7-15(22)8-6-14/h5-10,23H,11-12H2,1-4H3,(H,24,25). The summed E-state index contributed by atoms with van der Waals surface area (Å²) in [6.45, 7) is 8.50. The lowest BCUT2D eigenvalue weighted by molar-refractivity contribution is -0.117. The van der Waals surface area contributed by atoms with Crippen molar-refractivity contribution in [1.82, 2.24) is 0 Å². The van der Waals surface area contributed by atoms with Crippen molar-refractivity contribution in [3.8, 4) is 0 Å². The number of hydrogen-bond donors (Lipinski definition) is 2. The molecule has 25 heavy (non-hydrogen) atoms. The van der Waals surface area contributed by atoms with Crippen molar-refractivity contribution in [2.45, 2.75) is 40.7 Å². The highest BCUT2D eigenvalue weighted by Gasteiger charge is 2.17. The Balaban J connectivity index is 2.13. The maximum atomic E-state index is 13.0. The van der Waals surface area contributed by atoms with Crippen molar-refractivity contribution in [3.05, 3.63) is 58.4 Å². The van der Waals surface area contributed by atoms with Crippen LogP contribution in [0.5, 0.6) is 0 Å². The van der Waals surface area contributed by atoms with Crippen molar-refractivity contribution < 1.29 is 9.18 Å². The molecule has 0 heterocycles. The number of hydrogen-bond acceptors (Lipinski definition) is 2. The summed E-state index contributed by atoms with van der Waals surface area (Å²) in [4.78, 5) is 12.2. The molecule has 0 atom stereocenters. The maximum absolute atomic E-state index is 13.0. The topological polar surface area (TPSA) is 41.1 Å². The van der Waals surface area contributed by atoms with Gasteiger partial charge in [-0.1, -0.05) is 44.5 Å². The first-order valence-corrected chi connectivity index (χ1v) is 8.61. The van der Waals surface area contributed by atoms with E-state index in [1.165, 1.54) is 12.1 Å². The fraction of sp³-hybridized carbons (Fsp3) is 0.350. The van der Waals surface area contributed by atoms with E-state index in [1.807, 2.05) is 27.7 Å². The molecule has 0 spiro atoms. The third-order valence-corrected chi connectivity index (χ3v) is 4.08. The van der Waals surface area contributed by atoms with Gasteiger partial charge in [0.2, 0.25) is 5.91 Å². The molecule has 0 aliphatic heterocycles. The van der Waals surface area contributed by atoms with Crippen LogP contribution in [0.15, 0.2) is 36.4 Å². The lowest BCUT2D eigenvalue weighted by Crippen LogP contribution is -2.20. The van der Waals surface area contributed by atoms with Crippen LogP contribution in [0.2, 0.25) is 5.02 Å². The van der Waals surface area contributed by atoms with E-state index in [1.54, 1.807) is 24.3 Å². The molecule has 0 saturated carbocycles. The zero-order chi connectivity index (χ0) is 18.6. The van der Waals surface area contributed by atoms with Gasteiger partial charge in [-0.3, -0.25) is 4.79 Å². The number of amides is 1. The fourth-order valence-corrected chi connectivity index (χ4v) is 2.77. The van der Waals surface area contributed by atoms with Crippen LogP contribution in [0.25, 0.3) is 0 Å². The summed E-state index contributed by atoms with van der Waals surface area (Å²) in [6.07, 6.45) is 0.438. The molecule has 3 nitrogen and oxygen atoms in total. The van der Waals surface area contributed by atoms with E-state index >= 15 is 0 Å². The predicted octanol–water partition coefficient (Wildman–Crippen LogP) is 5.77. The zero-order valence-corrected chi connectivity index (χ0v) is 15.8. The SMILES string of the molecule is Cc1c(NC(=O)CC(C)(C)C)ccc(Cl)c1NCc1ccc(F)cc1. The van der Waals surface area contributed by atoms with Gasteiger partial charge in [0.15, 0.2) is 0 Å². The monoisotopic (exact) mass is 362 g/mol. The average molecular weight is 363 g/mol. The van der Waals surface area contributed by atoms with Gasteiger partial charge in [-0.2, -0.15) is 0 Å². The molecule has 2 aromatic rings. The molecule has 0 radical (unpaired) electrons. The van der Waals surface area contributed by atoms with E-state index in [-0.39, 0.29) is 17.1 Å². The van der Waals surface area contributed by atoms with Crippen LogP contribution in [0.3, 0.4) is 0 Å². The van der Waals surface area contributed by atoms with Crippen LogP contribution >= 0.6 is 11.6 Å². The third kappa shape index (κ3) is 5.75. The summed E-state index contributed by atoms with van der Waals surface area (Å²) in [5.41, 5.74) is 3.24. The first-order chi connectivity index (χ1) is 11.7. The van der Waals surface area contributed by atoms with E-state index in [9.17, 15) is 9.18 Å². The summed E-state index contributed by atoms with van der Waals surface area (Å²) in [6, 6.07) is 9.86. The van der Waals surface area contributed by atoms with Crippen molar-refractivity contribution >= 4 is 28.9 Å². The van der Waals surface area contributed by atoms with Crippen LogP contribution in [0.4, 0.5) is 15.8 Å². The van der Waals surface area contributed by atoms with E-state index < -0.39 is 0 Å². The number of carbonyl (C=O) groups excluding carboxylic acids is 1. The lowest BCUT2D eigenvalue weighted by Gasteiger charge is -2.19. The Bertz CT molecular complexity index is 752. The molecule has 0 aliphatic carbocycles. The number of halogens is 2. The lowest BCUT2D eigenvalue weighted by atomic mass is 9.92. The van der Waals surface area contributed by atoms with Crippen LogP contribution in [0, 0.1) is 18.2 Å². The Morgan fingerprint density at radius 3 is 2.36 bits per heavy atom. The summed E-state index contributed by atoms with van der Waals surface area (Å²) < 4.78 is 13.0. The molecule has 0 unspecified atom stereocenters. The number of nitrogens with one attached hydrogen (secondary N) is 2. The predicted molar refractivity (Wildman–Crippen MR) is 103 cm³/mol. The van der Waals surface area contributed by atoms with Gasteiger partial charge in [0.1, 0.15) is 5.82 Å². The van der Waals surface area contributed by atoms with Gasteiger partial charge in [-0.05, 0) is 47.7 Å². The number of rotatable bonds is 5. The molecule has 2 aromatic carbocycles. The second-order valence-corrected chi connectivity index (χ2v) is 7.77. The van der Waals surface area contributed by atoms with Gasteiger partial charge in [-0.15, -0.1) is 0 Å². The van der Waals surface area contributed by atoms with Crippen molar-refractivity contribution in [3.63, 3.8) is 0 Å². The van der Waals surface area contributed by atoms with Crippen molar-refractivity contribution in [1.29, 1.82) is 0 Å². The largest absolute Gasteiger partial charge is 0.379 e. The van der Waals surface area contributed by atoms with Gasteiger partial charge in [0.25, 0.3) is 0 Å². The second-order valence-electron chi connectivity index (χ2n) is 7.36. The molecule has 5 heteroatoms. The molecule has 0 bridgehead atoms. The molecule has 2 rings (SSSR count). The van der Waals surface area contributed by atoms with Crippen molar-refractivity contribution in [2.24, 2.45) is 5.41 Å². The molecule has 1 amide bonds. The Morgan fingerprint density at radius 2 is 1.76 bits per heavy atom.